The van der Waals surface area contributed by atoms with Gasteiger partial charge in [-0.2, -0.15) is 4.31 Å². The van der Waals surface area contributed by atoms with E-state index in [1.165, 1.54) is 4.31 Å². The van der Waals surface area contributed by atoms with Gasteiger partial charge in [0.05, 0.1) is 4.90 Å². The largest absolute Gasteiger partial charge is 0.243 e. The highest BCUT2D eigenvalue weighted by atomic mass is 32.2. The van der Waals surface area contributed by atoms with Crippen molar-refractivity contribution in [2.24, 2.45) is 0 Å². The van der Waals surface area contributed by atoms with Gasteiger partial charge in [-0.15, -0.1) is 0 Å². The Bertz CT molecular complexity index is 491. The zero-order chi connectivity index (χ0) is 11.2. The smallest absolute Gasteiger partial charge is 0.207 e. The highest BCUT2D eigenvalue weighted by Crippen LogP contribution is 2.34. The van der Waals surface area contributed by atoms with Gasteiger partial charge in [0.1, 0.15) is 0 Å². The van der Waals surface area contributed by atoms with E-state index in [9.17, 15) is 8.42 Å². The molecule has 0 bridgehead atoms. The molecule has 2 rings (SSSR count). The number of nitrogens with zero attached hydrogens (tertiary/aromatic N) is 1. The lowest BCUT2D eigenvalue weighted by Crippen LogP contribution is -2.19. The third-order valence-electron chi connectivity index (χ3n) is 2.81. The first kappa shape index (κ1) is 10.6. The predicted molar refractivity (Wildman–Crippen MR) is 59.2 cm³/mol. The molecule has 1 aliphatic rings. The van der Waals surface area contributed by atoms with Crippen molar-refractivity contribution in [2.75, 3.05) is 7.05 Å². The van der Waals surface area contributed by atoms with Gasteiger partial charge in [-0.1, -0.05) is 32.0 Å². The summed E-state index contributed by atoms with van der Waals surface area (Å²) in [6, 6.07) is 5.73. The summed E-state index contributed by atoms with van der Waals surface area (Å²) in [6.45, 7) is 4.53. The van der Waals surface area contributed by atoms with Gasteiger partial charge in [-0.3, -0.25) is 0 Å². The predicted octanol–water partition coefficient (Wildman–Crippen LogP) is 1.94. The van der Waals surface area contributed by atoms with Gasteiger partial charge in [0.2, 0.25) is 10.0 Å². The van der Waals surface area contributed by atoms with Gasteiger partial charge in [-0.25, -0.2) is 8.42 Å². The molecule has 1 heterocycles. The summed E-state index contributed by atoms with van der Waals surface area (Å²) < 4.78 is 25.5. The van der Waals surface area contributed by atoms with Crippen molar-refractivity contribution in [1.82, 2.24) is 4.31 Å². The molecule has 0 amide bonds. The van der Waals surface area contributed by atoms with Crippen LogP contribution in [0.25, 0.3) is 0 Å². The van der Waals surface area contributed by atoms with Crippen LogP contribution in [0.5, 0.6) is 0 Å². The van der Waals surface area contributed by atoms with Gasteiger partial charge in [0.25, 0.3) is 0 Å². The highest BCUT2D eigenvalue weighted by Gasteiger charge is 2.34. The normalized spacial score (nSPS) is 19.5. The Morgan fingerprint density at radius 1 is 1.33 bits per heavy atom. The Balaban J connectivity index is 2.73. The fourth-order valence-corrected chi connectivity index (χ4v) is 3.67. The number of benzene rings is 1. The minimum absolute atomic E-state index is 0.237. The van der Waals surface area contributed by atoms with Crippen molar-refractivity contribution in [1.29, 1.82) is 0 Å². The first-order chi connectivity index (χ1) is 6.94. The average Bonchev–Trinajstić information content (AvgIpc) is 2.38. The maximum absolute atomic E-state index is 12.0. The Morgan fingerprint density at radius 3 is 2.60 bits per heavy atom. The molecule has 0 aromatic heterocycles. The summed E-state index contributed by atoms with van der Waals surface area (Å²) in [7, 11) is -1.60. The third-order valence-corrected chi connectivity index (χ3v) is 4.77. The van der Waals surface area contributed by atoms with Crippen LogP contribution in [0.15, 0.2) is 23.1 Å². The highest BCUT2D eigenvalue weighted by molar-refractivity contribution is 7.89. The van der Waals surface area contributed by atoms with Crippen LogP contribution >= 0.6 is 0 Å². The van der Waals surface area contributed by atoms with Crippen LogP contribution < -0.4 is 0 Å². The molecule has 0 unspecified atom stereocenters. The van der Waals surface area contributed by atoms with Gasteiger partial charge >= 0.3 is 0 Å². The maximum atomic E-state index is 12.0. The molecule has 4 heteroatoms. The fraction of sp³-hybridized carbons (Fsp3) is 0.455. The van der Waals surface area contributed by atoms with Crippen molar-refractivity contribution in [3.8, 4) is 0 Å². The summed E-state index contributed by atoms with van der Waals surface area (Å²) in [6.07, 6.45) is 0. The fourth-order valence-electron chi connectivity index (χ4n) is 1.98. The molecule has 1 aromatic rings. The molecular formula is C11H15NO2S. The van der Waals surface area contributed by atoms with Gasteiger partial charge in [0.15, 0.2) is 0 Å². The van der Waals surface area contributed by atoms with Crippen LogP contribution in [0.2, 0.25) is 0 Å². The molecule has 1 aliphatic heterocycles. The summed E-state index contributed by atoms with van der Waals surface area (Å²) in [5, 5.41) is 0. The van der Waals surface area contributed by atoms with Crippen LogP contribution in [-0.2, 0) is 16.6 Å². The maximum Gasteiger partial charge on any atom is 0.243 e. The van der Waals surface area contributed by atoms with E-state index in [0.717, 1.165) is 11.1 Å². The molecule has 0 aliphatic carbocycles. The molecular weight excluding hydrogens is 210 g/mol. The Kier molecular flexibility index (Phi) is 2.35. The molecule has 0 radical (unpaired) electrons. The van der Waals surface area contributed by atoms with Crippen LogP contribution in [0.3, 0.4) is 0 Å². The van der Waals surface area contributed by atoms with Crippen molar-refractivity contribution in [3.63, 3.8) is 0 Å². The minimum atomic E-state index is -3.23. The summed E-state index contributed by atoms with van der Waals surface area (Å²) in [5.74, 6) is 0.237. The molecule has 0 saturated carbocycles. The lowest BCUT2D eigenvalue weighted by molar-refractivity contribution is 0.488. The van der Waals surface area contributed by atoms with E-state index in [1.54, 1.807) is 7.05 Å². The van der Waals surface area contributed by atoms with Gasteiger partial charge < -0.3 is 0 Å². The van der Waals surface area contributed by atoms with Crippen molar-refractivity contribution in [2.45, 2.75) is 31.2 Å². The van der Waals surface area contributed by atoms with Crippen molar-refractivity contribution < 1.29 is 8.42 Å². The second-order valence-electron chi connectivity index (χ2n) is 4.25. The first-order valence-electron chi connectivity index (χ1n) is 5.02. The Hall–Kier alpha value is -0.870. The third kappa shape index (κ3) is 1.48. The molecule has 0 N–H and O–H groups in total. The zero-order valence-electron chi connectivity index (χ0n) is 9.19. The number of hydrogen-bond acceptors (Lipinski definition) is 2. The Labute approximate surface area is 90.8 Å². The van der Waals surface area contributed by atoms with Crippen LogP contribution in [0, 0.1) is 0 Å². The van der Waals surface area contributed by atoms with Crippen molar-refractivity contribution >= 4 is 10.0 Å². The molecule has 0 fully saturated rings. The van der Waals surface area contributed by atoms with E-state index in [4.69, 9.17) is 0 Å². The molecule has 3 nitrogen and oxygen atoms in total. The van der Waals surface area contributed by atoms with Gasteiger partial charge in [-0.05, 0) is 17.0 Å². The lowest BCUT2D eigenvalue weighted by Gasteiger charge is -2.11. The van der Waals surface area contributed by atoms with E-state index in [0.29, 0.717) is 11.4 Å². The van der Waals surface area contributed by atoms with E-state index < -0.39 is 10.0 Å². The lowest BCUT2D eigenvalue weighted by atomic mass is 10.0. The molecule has 0 atom stereocenters. The molecule has 82 valence electrons. The van der Waals surface area contributed by atoms with E-state index in [2.05, 4.69) is 0 Å². The second-order valence-corrected chi connectivity index (χ2v) is 6.23. The average molecular weight is 225 g/mol. The monoisotopic (exact) mass is 225 g/mol. The van der Waals surface area contributed by atoms with Crippen LogP contribution in [0.1, 0.15) is 30.9 Å². The zero-order valence-corrected chi connectivity index (χ0v) is 10.0. The topological polar surface area (TPSA) is 37.4 Å². The van der Waals surface area contributed by atoms with E-state index >= 15 is 0 Å². The first-order valence-corrected chi connectivity index (χ1v) is 6.46. The van der Waals surface area contributed by atoms with E-state index in [-0.39, 0.29) is 5.92 Å². The number of fused-ring (bicyclic) bond motifs is 1. The quantitative estimate of drug-likeness (QED) is 0.732. The summed E-state index contributed by atoms with van der Waals surface area (Å²) in [5.41, 5.74) is 1.85. The van der Waals surface area contributed by atoms with Crippen LogP contribution in [-0.4, -0.2) is 19.8 Å². The summed E-state index contributed by atoms with van der Waals surface area (Å²) in [4.78, 5) is 0.530. The van der Waals surface area contributed by atoms with Crippen molar-refractivity contribution in [3.05, 3.63) is 29.3 Å². The number of rotatable bonds is 1. The van der Waals surface area contributed by atoms with Crippen LogP contribution in [0.4, 0.5) is 0 Å². The molecule has 0 spiro atoms. The molecule has 15 heavy (non-hydrogen) atoms. The number of hydrogen-bond donors (Lipinski definition) is 0. The SMILES string of the molecule is CC(C)c1cccc2c1S(=O)(=O)N(C)C2. The van der Waals surface area contributed by atoms with E-state index in [1.807, 2.05) is 32.0 Å². The van der Waals surface area contributed by atoms with Gasteiger partial charge in [0, 0.05) is 13.6 Å². The second kappa shape index (κ2) is 3.32. The Morgan fingerprint density at radius 2 is 2.00 bits per heavy atom. The molecule has 0 saturated heterocycles. The number of sulfonamides is 1. The standard InChI is InChI=1S/C11H15NO2S/c1-8(2)10-6-4-5-9-7-12(3)15(13,14)11(9)10/h4-6,8H,7H2,1-3H3. The minimum Gasteiger partial charge on any atom is -0.207 e. The molecule has 1 aromatic carbocycles. The summed E-state index contributed by atoms with van der Waals surface area (Å²) >= 11 is 0.